The first-order valence-corrected chi connectivity index (χ1v) is 9.13. The van der Waals surface area contributed by atoms with Crippen LogP contribution < -0.4 is 19.7 Å². The lowest BCUT2D eigenvalue weighted by atomic mass is 10.3. The van der Waals surface area contributed by atoms with Crippen molar-refractivity contribution in [2.75, 3.05) is 57.2 Å². The predicted octanol–water partition coefficient (Wildman–Crippen LogP) is 2.52. The number of amides is 1. The number of rotatable bonds is 6. The van der Waals surface area contributed by atoms with Crippen molar-refractivity contribution in [3.63, 3.8) is 0 Å². The molecule has 1 aliphatic heterocycles. The summed E-state index contributed by atoms with van der Waals surface area (Å²) in [5, 5.41) is 3.18. The minimum atomic E-state index is -0.263. The molecule has 150 valence electrons. The topological polar surface area (TPSA) is 89.1 Å². The molecule has 0 atom stereocenters. The summed E-state index contributed by atoms with van der Waals surface area (Å²) in [6, 6.07) is 7.38. The Morgan fingerprint density at radius 2 is 1.86 bits per heavy atom. The lowest BCUT2D eigenvalue weighted by Crippen LogP contribution is -2.49. The van der Waals surface area contributed by atoms with Crippen molar-refractivity contribution in [1.29, 1.82) is 0 Å². The maximum absolute atomic E-state index is 11.8. The van der Waals surface area contributed by atoms with Crippen LogP contribution in [0.3, 0.4) is 0 Å². The molecule has 0 saturated carbocycles. The average Bonchev–Trinajstić information content (AvgIpc) is 2.74. The number of benzene rings is 1. The van der Waals surface area contributed by atoms with Gasteiger partial charge < -0.3 is 29.3 Å². The average molecular weight is 387 g/mol. The number of methoxy groups -OCH3 is 2. The van der Waals surface area contributed by atoms with Crippen LogP contribution in [0.25, 0.3) is 0 Å². The van der Waals surface area contributed by atoms with Crippen LogP contribution in [0.1, 0.15) is 6.92 Å². The Morgan fingerprint density at radius 3 is 2.54 bits per heavy atom. The molecule has 0 aliphatic carbocycles. The second-order valence-electron chi connectivity index (χ2n) is 6.11. The fourth-order valence-electron chi connectivity index (χ4n) is 2.96. The standard InChI is InChI=1S/C19H25N5O4/c1-4-28-19(25)24-11-9-23(10-12-24)17-7-8-20-18(22-17)21-14-5-6-15(26-2)16(13-14)27-3/h5-8,13H,4,9-12H2,1-3H3,(H,20,21,22). The second-order valence-corrected chi connectivity index (χ2v) is 6.11. The molecule has 2 heterocycles. The summed E-state index contributed by atoms with van der Waals surface area (Å²) in [5.74, 6) is 2.57. The normalized spacial score (nSPS) is 13.8. The molecule has 1 aliphatic rings. The number of aromatic nitrogens is 2. The molecule has 0 bridgehead atoms. The zero-order valence-electron chi connectivity index (χ0n) is 16.3. The van der Waals surface area contributed by atoms with E-state index in [4.69, 9.17) is 14.2 Å². The summed E-state index contributed by atoms with van der Waals surface area (Å²) in [6.07, 6.45) is 1.45. The van der Waals surface area contributed by atoms with E-state index in [-0.39, 0.29) is 6.09 Å². The van der Waals surface area contributed by atoms with Crippen LogP contribution in [0.15, 0.2) is 30.5 Å². The van der Waals surface area contributed by atoms with Crippen LogP contribution in [0.4, 0.5) is 22.2 Å². The van der Waals surface area contributed by atoms with Gasteiger partial charge in [0.05, 0.1) is 20.8 Å². The number of ether oxygens (including phenoxy) is 3. The van der Waals surface area contributed by atoms with Gasteiger partial charge in [0.2, 0.25) is 5.95 Å². The number of piperazine rings is 1. The van der Waals surface area contributed by atoms with E-state index in [1.807, 2.05) is 31.2 Å². The SMILES string of the molecule is CCOC(=O)N1CCN(c2ccnc(Nc3ccc(OC)c(OC)c3)n2)CC1. The van der Waals surface area contributed by atoms with Gasteiger partial charge in [0, 0.05) is 44.1 Å². The van der Waals surface area contributed by atoms with Crippen LogP contribution in [0, 0.1) is 0 Å². The van der Waals surface area contributed by atoms with Gasteiger partial charge in [-0.3, -0.25) is 0 Å². The lowest BCUT2D eigenvalue weighted by Gasteiger charge is -2.34. The van der Waals surface area contributed by atoms with Gasteiger partial charge >= 0.3 is 6.09 Å². The Balaban J connectivity index is 1.66. The molecular formula is C19H25N5O4. The highest BCUT2D eigenvalue weighted by Crippen LogP contribution is 2.30. The summed E-state index contributed by atoms with van der Waals surface area (Å²) in [7, 11) is 3.19. The van der Waals surface area contributed by atoms with Gasteiger partial charge in [-0.2, -0.15) is 4.98 Å². The van der Waals surface area contributed by atoms with Crippen molar-refractivity contribution in [3.05, 3.63) is 30.5 Å². The molecular weight excluding hydrogens is 362 g/mol. The molecule has 1 N–H and O–H groups in total. The van der Waals surface area contributed by atoms with Gasteiger partial charge in [-0.15, -0.1) is 0 Å². The molecule has 1 amide bonds. The van der Waals surface area contributed by atoms with Crippen molar-refractivity contribution in [2.24, 2.45) is 0 Å². The van der Waals surface area contributed by atoms with E-state index in [0.717, 1.165) is 11.5 Å². The molecule has 2 aromatic rings. The number of carbonyl (C=O) groups is 1. The monoisotopic (exact) mass is 387 g/mol. The fraction of sp³-hybridized carbons (Fsp3) is 0.421. The molecule has 1 aromatic heterocycles. The number of nitrogens with one attached hydrogen (secondary N) is 1. The van der Waals surface area contributed by atoms with E-state index in [0.29, 0.717) is 50.2 Å². The summed E-state index contributed by atoms with van der Waals surface area (Å²) >= 11 is 0. The van der Waals surface area contributed by atoms with Gasteiger partial charge in [-0.1, -0.05) is 0 Å². The molecule has 1 fully saturated rings. The minimum absolute atomic E-state index is 0.263. The Kier molecular flexibility index (Phi) is 6.36. The second kappa shape index (κ2) is 9.12. The minimum Gasteiger partial charge on any atom is -0.493 e. The van der Waals surface area contributed by atoms with Gasteiger partial charge in [0.1, 0.15) is 5.82 Å². The zero-order chi connectivity index (χ0) is 19.9. The van der Waals surface area contributed by atoms with Crippen LogP contribution in [0.5, 0.6) is 11.5 Å². The molecule has 9 nitrogen and oxygen atoms in total. The van der Waals surface area contributed by atoms with Gasteiger partial charge in [0.25, 0.3) is 0 Å². The van der Waals surface area contributed by atoms with Crippen LogP contribution in [-0.2, 0) is 4.74 Å². The van der Waals surface area contributed by atoms with Gasteiger partial charge in [-0.05, 0) is 25.1 Å². The molecule has 28 heavy (non-hydrogen) atoms. The third kappa shape index (κ3) is 4.54. The summed E-state index contributed by atoms with van der Waals surface area (Å²) in [4.78, 5) is 24.5. The van der Waals surface area contributed by atoms with Crippen LogP contribution >= 0.6 is 0 Å². The molecule has 9 heteroatoms. The number of carbonyl (C=O) groups excluding carboxylic acids is 1. The predicted molar refractivity (Wildman–Crippen MR) is 106 cm³/mol. The van der Waals surface area contributed by atoms with E-state index in [1.54, 1.807) is 25.3 Å². The van der Waals surface area contributed by atoms with Crippen LogP contribution in [0.2, 0.25) is 0 Å². The first kappa shape index (κ1) is 19.5. The smallest absolute Gasteiger partial charge is 0.409 e. The van der Waals surface area contributed by atoms with Gasteiger partial charge in [0.15, 0.2) is 11.5 Å². The van der Waals surface area contributed by atoms with Crippen molar-refractivity contribution < 1.29 is 19.0 Å². The molecule has 3 rings (SSSR count). The lowest BCUT2D eigenvalue weighted by molar-refractivity contribution is 0.105. The number of nitrogens with zero attached hydrogens (tertiary/aromatic N) is 4. The Morgan fingerprint density at radius 1 is 1.11 bits per heavy atom. The highest BCUT2D eigenvalue weighted by molar-refractivity contribution is 5.68. The van der Waals surface area contributed by atoms with E-state index >= 15 is 0 Å². The third-order valence-electron chi connectivity index (χ3n) is 4.41. The van der Waals surface area contributed by atoms with Gasteiger partial charge in [-0.25, -0.2) is 9.78 Å². The number of hydrogen-bond donors (Lipinski definition) is 1. The molecule has 0 spiro atoms. The highest BCUT2D eigenvalue weighted by Gasteiger charge is 2.22. The zero-order valence-corrected chi connectivity index (χ0v) is 16.3. The summed E-state index contributed by atoms with van der Waals surface area (Å²) < 4.78 is 15.6. The Labute approximate surface area is 164 Å². The van der Waals surface area contributed by atoms with Crippen molar-refractivity contribution >= 4 is 23.5 Å². The maximum atomic E-state index is 11.8. The largest absolute Gasteiger partial charge is 0.493 e. The third-order valence-corrected chi connectivity index (χ3v) is 4.41. The first-order valence-electron chi connectivity index (χ1n) is 9.13. The van der Waals surface area contributed by atoms with Crippen molar-refractivity contribution in [3.8, 4) is 11.5 Å². The fourth-order valence-corrected chi connectivity index (χ4v) is 2.96. The molecule has 1 aromatic carbocycles. The maximum Gasteiger partial charge on any atom is 0.409 e. The van der Waals surface area contributed by atoms with E-state index in [2.05, 4.69) is 20.2 Å². The first-order chi connectivity index (χ1) is 13.6. The Hall–Kier alpha value is -3.23. The quantitative estimate of drug-likeness (QED) is 0.809. The number of hydrogen-bond acceptors (Lipinski definition) is 8. The van der Waals surface area contributed by atoms with E-state index in [1.165, 1.54) is 0 Å². The van der Waals surface area contributed by atoms with Crippen molar-refractivity contribution in [2.45, 2.75) is 6.92 Å². The van der Waals surface area contributed by atoms with Crippen LogP contribution in [-0.4, -0.2) is 68.0 Å². The Bertz CT molecular complexity index is 809. The molecule has 0 unspecified atom stereocenters. The summed E-state index contributed by atoms with van der Waals surface area (Å²) in [5.41, 5.74) is 0.793. The van der Waals surface area contributed by atoms with Crippen molar-refractivity contribution in [1.82, 2.24) is 14.9 Å². The number of anilines is 3. The molecule has 1 saturated heterocycles. The summed E-state index contributed by atoms with van der Waals surface area (Å²) in [6.45, 7) is 4.76. The van der Waals surface area contributed by atoms with E-state index < -0.39 is 0 Å². The van der Waals surface area contributed by atoms with E-state index in [9.17, 15) is 4.79 Å². The molecule has 0 radical (unpaired) electrons. The highest BCUT2D eigenvalue weighted by atomic mass is 16.6.